The largest absolute Gasteiger partial charge is 0.331 e. The molecule has 1 aliphatic rings. The van der Waals surface area contributed by atoms with Crippen molar-refractivity contribution in [2.75, 3.05) is 0 Å². The number of allylic oxidation sites excluding steroid dienone is 4. The first-order chi connectivity index (χ1) is 17.2. The van der Waals surface area contributed by atoms with Crippen LogP contribution in [-0.4, -0.2) is 9.55 Å². The van der Waals surface area contributed by atoms with Gasteiger partial charge in [0.25, 0.3) is 0 Å². The molecule has 0 aliphatic heterocycles. The molecule has 0 N–H and O–H groups in total. The van der Waals surface area contributed by atoms with Crippen LogP contribution in [0.25, 0.3) is 0 Å². The first-order valence-electron chi connectivity index (χ1n) is 15.6. The van der Waals surface area contributed by atoms with Gasteiger partial charge >= 0.3 is 0 Å². The molecule has 1 aliphatic carbocycles. The molecule has 2 rings (SSSR count). The minimum atomic E-state index is 0.0898. The third-order valence-electron chi connectivity index (χ3n) is 8.19. The number of hydrogen-bond acceptors (Lipinski definition) is 1. The molecule has 2 unspecified atom stereocenters. The Morgan fingerprint density at radius 3 is 1.83 bits per heavy atom. The highest BCUT2D eigenvalue weighted by molar-refractivity contribution is 5.29. The summed E-state index contributed by atoms with van der Waals surface area (Å²) >= 11 is 0. The van der Waals surface area contributed by atoms with E-state index in [2.05, 4.69) is 55.8 Å². The van der Waals surface area contributed by atoms with E-state index < -0.39 is 0 Å². The van der Waals surface area contributed by atoms with Crippen LogP contribution in [0.1, 0.15) is 167 Å². The molecule has 35 heavy (non-hydrogen) atoms. The van der Waals surface area contributed by atoms with Gasteiger partial charge in [-0.1, -0.05) is 154 Å². The summed E-state index contributed by atoms with van der Waals surface area (Å²) in [5.41, 5.74) is 0.0898. The van der Waals surface area contributed by atoms with Gasteiger partial charge in [0.05, 0.1) is 5.41 Å². The van der Waals surface area contributed by atoms with Gasteiger partial charge in [-0.15, -0.1) is 0 Å². The maximum atomic E-state index is 4.96. The Labute approximate surface area is 219 Å². The van der Waals surface area contributed by atoms with E-state index in [1.165, 1.54) is 134 Å². The molecule has 0 saturated carbocycles. The SMILES string of the molecule is CCCCCCCCCCCCC(C)n1ccnc1C1(CCCCCCCCCC)C=CC=CC1. The highest BCUT2D eigenvalue weighted by Crippen LogP contribution is 2.38. The van der Waals surface area contributed by atoms with Gasteiger partial charge in [-0.25, -0.2) is 4.98 Å². The first-order valence-corrected chi connectivity index (χ1v) is 15.6. The van der Waals surface area contributed by atoms with Crippen LogP contribution < -0.4 is 0 Å². The van der Waals surface area contributed by atoms with Gasteiger partial charge < -0.3 is 4.57 Å². The van der Waals surface area contributed by atoms with E-state index in [0.29, 0.717) is 6.04 Å². The molecule has 0 radical (unpaired) electrons. The molecule has 0 bridgehead atoms. The summed E-state index contributed by atoms with van der Waals surface area (Å²) in [5.74, 6) is 1.31. The van der Waals surface area contributed by atoms with Gasteiger partial charge in [0.1, 0.15) is 5.82 Å². The monoisotopic (exact) mass is 482 g/mol. The highest BCUT2D eigenvalue weighted by atomic mass is 15.1. The van der Waals surface area contributed by atoms with Crippen LogP contribution in [0.2, 0.25) is 0 Å². The lowest BCUT2D eigenvalue weighted by molar-refractivity contribution is 0.380. The van der Waals surface area contributed by atoms with Crippen molar-refractivity contribution in [3.05, 3.63) is 42.5 Å². The van der Waals surface area contributed by atoms with E-state index in [9.17, 15) is 0 Å². The number of unbranched alkanes of at least 4 members (excludes halogenated alkanes) is 16. The molecule has 0 fully saturated rings. The molecule has 0 aromatic carbocycles. The van der Waals surface area contributed by atoms with Crippen LogP contribution >= 0.6 is 0 Å². The topological polar surface area (TPSA) is 17.8 Å². The Morgan fingerprint density at radius 2 is 1.29 bits per heavy atom. The van der Waals surface area contributed by atoms with Crippen molar-refractivity contribution in [3.8, 4) is 0 Å². The maximum absolute atomic E-state index is 4.96. The van der Waals surface area contributed by atoms with Crippen LogP contribution in [0.4, 0.5) is 0 Å². The van der Waals surface area contributed by atoms with Gasteiger partial charge in [-0.2, -0.15) is 0 Å². The molecule has 0 amide bonds. The second kappa shape index (κ2) is 18.9. The van der Waals surface area contributed by atoms with E-state index in [1.54, 1.807) is 0 Å². The number of rotatable bonds is 22. The Morgan fingerprint density at radius 1 is 0.743 bits per heavy atom. The maximum Gasteiger partial charge on any atom is 0.119 e. The lowest BCUT2D eigenvalue weighted by atomic mass is 9.76. The van der Waals surface area contributed by atoms with Crippen molar-refractivity contribution >= 4 is 0 Å². The van der Waals surface area contributed by atoms with Gasteiger partial charge in [0.15, 0.2) is 0 Å². The Balaban J connectivity index is 1.75. The molecular weight excluding hydrogens is 424 g/mol. The second-order valence-electron chi connectivity index (χ2n) is 11.4. The van der Waals surface area contributed by atoms with Crippen LogP contribution in [0, 0.1) is 0 Å². The third kappa shape index (κ3) is 11.5. The van der Waals surface area contributed by atoms with Crippen molar-refractivity contribution in [2.24, 2.45) is 0 Å². The van der Waals surface area contributed by atoms with Gasteiger partial charge in [0.2, 0.25) is 0 Å². The smallest absolute Gasteiger partial charge is 0.119 e. The average Bonchev–Trinajstić information content (AvgIpc) is 3.38. The fourth-order valence-electron chi connectivity index (χ4n) is 5.82. The normalized spacial score (nSPS) is 18.4. The zero-order valence-electron chi connectivity index (χ0n) is 23.8. The zero-order chi connectivity index (χ0) is 25.0. The minimum absolute atomic E-state index is 0.0898. The molecule has 200 valence electrons. The second-order valence-corrected chi connectivity index (χ2v) is 11.4. The Hall–Kier alpha value is -1.31. The van der Waals surface area contributed by atoms with Gasteiger partial charge in [-0.05, 0) is 26.2 Å². The first kappa shape index (κ1) is 29.9. The van der Waals surface area contributed by atoms with E-state index in [1.807, 2.05) is 6.20 Å². The zero-order valence-corrected chi connectivity index (χ0v) is 23.8. The predicted octanol–water partition coefficient (Wildman–Crippen LogP) is 11.0. The molecule has 2 nitrogen and oxygen atoms in total. The highest BCUT2D eigenvalue weighted by Gasteiger charge is 2.34. The lowest BCUT2D eigenvalue weighted by Gasteiger charge is -2.33. The summed E-state index contributed by atoms with van der Waals surface area (Å²) in [5, 5.41) is 0. The number of aromatic nitrogens is 2. The van der Waals surface area contributed by atoms with Gasteiger partial charge in [0, 0.05) is 18.4 Å². The third-order valence-corrected chi connectivity index (χ3v) is 8.19. The van der Waals surface area contributed by atoms with Crippen LogP contribution in [0.5, 0.6) is 0 Å². The van der Waals surface area contributed by atoms with E-state index in [4.69, 9.17) is 4.98 Å². The Kier molecular flexibility index (Phi) is 16.1. The van der Waals surface area contributed by atoms with Crippen LogP contribution in [0.15, 0.2) is 36.7 Å². The summed E-state index contributed by atoms with van der Waals surface area (Å²) in [4.78, 5) is 4.96. The fraction of sp³-hybridized carbons (Fsp3) is 0.788. The molecular formula is C33H58N2. The van der Waals surface area contributed by atoms with Crippen molar-refractivity contribution in [2.45, 2.75) is 167 Å². The van der Waals surface area contributed by atoms with Crippen LogP contribution in [0.3, 0.4) is 0 Å². The minimum Gasteiger partial charge on any atom is -0.331 e. The molecule has 2 heteroatoms. The molecule has 0 saturated heterocycles. The van der Waals surface area contributed by atoms with Crippen LogP contribution in [-0.2, 0) is 5.41 Å². The summed E-state index contributed by atoms with van der Waals surface area (Å²) in [7, 11) is 0. The fourth-order valence-corrected chi connectivity index (χ4v) is 5.82. The molecule has 1 aromatic rings. The summed E-state index contributed by atoms with van der Waals surface area (Å²) < 4.78 is 2.52. The molecule has 1 aromatic heterocycles. The molecule has 0 spiro atoms. The van der Waals surface area contributed by atoms with E-state index in [0.717, 1.165) is 6.42 Å². The van der Waals surface area contributed by atoms with Gasteiger partial charge in [-0.3, -0.25) is 0 Å². The quantitative estimate of drug-likeness (QED) is 0.150. The standard InChI is InChI=1S/C33H58N2/c1-4-6-8-10-12-14-15-16-18-21-25-31(3)35-30-29-34-32(35)33(27-23-20-24-28-33)26-22-19-17-13-11-9-7-5-2/h20,23-24,27,29-31H,4-19,21-22,25-26,28H2,1-3H3. The van der Waals surface area contributed by atoms with E-state index >= 15 is 0 Å². The number of imidazole rings is 1. The number of hydrogen-bond donors (Lipinski definition) is 0. The summed E-state index contributed by atoms with van der Waals surface area (Å²) in [6.07, 6.45) is 42.3. The average molecular weight is 483 g/mol. The van der Waals surface area contributed by atoms with Crippen molar-refractivity contribution in [3.63, 3.8) is 0 Å². The van der Waals surface area contributed by atoms with Crippen molar-refractivity contribution in [1.82, 2.24) is 9.55 Å². The van der Waals surface area contributed by atoms with Crippen molar-refractivity contribution < 1.29 is 0 Å². The van der Waals surface area contributed by atoms with E-state index in [-0.39, 0.29) is 5.41 Å². The predicted molar refractivity (Wildman–Crippen MR) is 155 cm³/mol. The molecule has 2 atom stereocenters. The molecule has 1 heterocycles. The number of nitrogens with zero attached hydrogens (tertiary/aromatic N) is 2. The summed E-state index contributed by atoms with van der Waals surface area (Å²) in [6, 6.07) is 0.538. The lowest BCUT2D eigenvalue weighted by Crippen LogP contribution is -2.29. The summed E-state index contributed by atoms with van der Waals surface area (Å²) in [6.45, 7) is 7.01. The van der Waals surface area contributed by atoms with Crippen molar-refractivity contribution in [1.29, 1.82) is 0 Å². The Bertz CT molecular complexity index is 685.